The molecule has 1 rings (SSSR count). The lowest BCUT2D eigenvalue weighted by molar-refractivity contribution is -0.149. The van der Waals surface area contributed by atoms with Crippen molar-refractivity contribution in [1.29, 1.82) is 0 Å². The standard InChI is InChI=1S/C10H11NO3/c11-8-4-2-1-3-7(8)5-6-9(12)10(13)14/h1-4H,5-6,11H2,(H,13,14). The monoisotopic (exact) mass is 193 g/mol. The summed E-state index contributed by atoms with van der Waals surface area (Å²) in [5.41, 5.74) is 7.02. The Balaban J connectivity index is 2.58. The lowest BCUT2D eigenvalue weighted by Crippen LogP contribution is -2.13. The summed E-state index contributed by atoms with van der Waals surface area (Å²) in [7, 11) is 0. The Bertz CT molecular complexity index is 360. The van der Waals surface area contributed by atoms with Crippen LogP contribution in [0.3, 0.4) is 0 Å². The number of para-hydroxylation sites is 1. The van der Waals surface area contributed by atoms with Gasteiger partial charge in [0.2, 0.25) is 5.78 Å². The van der Waals surface area contributed by atoms with Crippen LogP contribution in [0.5, 0.6) is 0 Å². The van der Waals surface area contributed by atoms with Crippen LogP contribution < -0.4 is 5.73 Å². The molecule has 0 aliphatic rings. The second kappa shape index (κ2) is 4.41. The molecule has 0 aliphatic carbocycles. The number of anilines is 1. The molecule has 74 valence electrons. The fourth-order valence-electron chi connectivity index (χ4n) is 1.12. The molecule has 1 aromatic carbocycles. The number of carbonyl (C=O) groups excluding carboxylic acids is 1. The van der Waals surface area contributed by atoms with Crippen LogP contribution in [-0.4, -0.2) is 16.9 Å². The Morgan fingerprint density at radius 1 is 1.29 bits per heavy atom. The largest absolute Gasteiger partial charge is 0.476 e. The third-order valence-electron chi connectivity index (χ3n) is 1.92. The predicted octanol–water partition coefficient (Wildman–Crippen LogP) is 0.855. The first-order valence-electron chi connectivity index (χ1n) is 4.20. The summed E-state index contributed by atoms with van der Waals surface area (Å²) in [5, 5.41) is 8.35. The number of nitrogens with two attached hydrogens (primary N) is 1. The van der Waals surface area contributed by atoms with Crippen molar-refractivity contribution in [2.75, 3.05) is 5.73 Å². The maximum atomic E-state index is 10.8. The fourth-order valence-corrected chi connectivity index (χ4v) is 1.12. The van der Waals surface area contributed by atoms with Crippen molar-refractivity contribution in [3.63, 3.8) is 0 Å². The first-order valence-corrected chi connectivity index (χ1v) is 4.20. The van der Waals surface area contributed by atoms with Crippen LogP contribution in [0.15, 0.2) is 24.3 Å². The average molecular weight is 193 g/mol. The van der Waals surface area contributed by atoms with Gasteiger partial charge in [-0.2, -0.15) is 0 Å². The number of aryl methyl sites for hydroxylation is 1. The first-order chi connectivity index (χ1) is 6.61. The molecule has 0 atom stereocenters. The van der Waals surface area contributed by atoms with E-state index in [9.17, 15) is 9.59 Å². The maximum Gasteiger partial charge on any atom is 0.372 e. The molecule has 0 amide bonds. The van der Waals surface area contributed by atoms with E-state index in [-0.39, 0.29) is 6.42 Å². The number of nitrogen functional groups attached to an aromatic ring is 1. The van der Waals surface area contributed by atoms with Crippen LogP contribution in [0.4, 0.5) is 5.69 Å². The van der Waals surface area contributed by atoms with E-state index in [2.05, 4.69) is 0 Å². The molecule has 0 saturated carbocycles. The van der Waals surface area contributed by atoms with E-state index >= 15 is 0 Å². The zero-order valence-electron chi connectivity index (χ0n) is 7.56. The highest BCUT2D eigenvalue weighted by Gasteiger charge is 2.11. The highest BCUT2D eigenvalue weighted by Crippen LogP contribution is 2.12. The van der Waals surface area contributed by atoms with Crippen LogP contribution in [-0.2, 0) is 16.0 Å². The minimum absolute atomic E-state index is 0.0104. The van der Waals surface area contributed by atoms with Crippen LogP contribution >= 0.6 is 0 Å². The summed E-state index contributed by atoms with van der Waals surface area (Å²) in [6, 6.07) is 7.10. The molecule has 0 fully saturated rings. The van der Waals surface area contributed by atoms with Crippen molar-refractivity contribution in [3.05, 3.63) is 29.8 Å². The normalized spacial score (nSPS) is 9.71. The van der Waals surface area contributed by atoms with Crippen molar-refractivity contribution in [3.8, 4) is 0 Å². The van der Waals surface area contributed by atoms with Crippen molar-refractivity contribution in [2.45, 2.75) is 12.8 Å². The number of rotatable bonds is 4. The molecule has 4 heteroatoms. The van der Waals surface area contributed by atoms with Gasteiger partial charge in [-0.25, -0.2) is 4.79 Å². The summed E-state index contributed by atoms with van der Waals surface area (Å²) < 4.78 is 0. The summed E-state index contributed by atoms with van der Waals surface area (Å²) in [4.78, 5) is 21.0. The minimum Gasteiger partial charge on any atom is -0.476 e. The van der Waals surface area contributed by atoms with Crippen LogP contribution in [0, 0.1) is 0 Å². The molecule has 0 bridgehead atoms. The Hall–Kier alpha value is -1.84. The highest BCUT2D eigenvalue weighted by atomic mass is 16.4. The van der Waals surface area contributed by atoms with Gasteiger partial charge in [0, 0.05) is 12.1 Å². The van der Waals surface area contributed by atoms with Gasteiger partial charge in [0.05, 0.1) is 0 Å². The summed E-state index contributed by atoms with van der Waals surface area (Å²) in [6.45, 7) is 0. The average Bonchev–Trinajstić information content (AvgIpc) is 2.16. The van der Waals surface area contributed by atoms with E-state index in [4.69, 9.17) is 10.8 Å². The minimum atomic E-state index is -1.39. The summed E-state index contributed by atoms with van der Waals surface area (Å²) >= 11 is 0. The number of carbonyl (C=O) groups is 2. The number of hydrogen-bond acceptors (Lipinski definition) is 3. The Labute approximate surface area is 81.3 Å². The summed E-state index contributed by atoms with van der Waals surface area (Å²) in [6.07, 6.45) is 0.362. The molecule has 0 spiro atoms. The summed E-state index contributed by atoms with van der Waals surface area (Å²) in [5.74, 6) is -2.17. The smallest absolute Gasteiger partial charge is 0.372 e. The number of Topliss-reactive ketones (excluding diaryl/α,β-unsaturated/α-hetero) is 1. The van der Waals surface area contributed by atoms with Crippen molar-refractivity contribution in [1.82, 2.24) is 0 Å². The van der Waals surface area contributed by atoms with Gasteiger partial charge in [0.1, 0.15) is 0 Å². The van der Waals surface area contributed by atoms with Gasteiger partial charge in [-0.1, -0.05) is 18.2 Å². The molecule has 3 N–H and O–H groups in total. The molecule has 0 unspecified atom stereocenters. The molecule has 0 aromatic heterocycles. The van der Waals surface area contributed by atoms with Gasteiger partial charge in [0.15, 0.2) is 0 Å². The topological polar surface area (TPSA) is 80.4 Å². The first kappa shape index (κ1) is 10.2. The maximum absolute atomic E-state index is 10.8. The molecule has 0 radical (unpaired) electrons. The fraction of sp³-hybridized carbons (Fsp3) is 0.200. The van der Waals surface area contributed by atoms with Gasteiger partial charge in [0.25, 0.3) is 0 Å². The Morgan fingerprint density at radius 3 is 2.50 bits per heavy atom. The number of hydrogen-bond donors (Lipinski definition) is 2. The van der Waals surface area contributed by atoms with E-state index in [1.54, 1.807) is 24.3 Å². The molecular weight excluding hydrogens is 182 g/mol. The SMILES string of the molecule is Nc1ccccc1CCC(=O)C(=O)O. The van der Waals surface area contributed by atoms with Crippen LogP contribution in [0.2, 0.25) is 0 Å². The zero-order valence-corrected chi connectivity index (χ0v) is 7.56. The number of benzene rings is 1. The molecule has 0 heterocycles. The number of ketones is 1. The predicted molar refractivity (Wildman–Crippen MR) is 51.8 cm³/mol. The lowest BCUT2D eigenvalue weighted by Gasteiger charge is -2.02. The second-order valence-corrected chi connectivity index (χ2v) is 2.93. The number of aliphatic carboxylic acids is 1. The number of carboxylic acids is 1. The molecular formula is C10H11NO3. The Kier molecular flexibility index (Phi) is 3.23. The van der Waals surface area contributed by atoms with E-state index < -0.39 is 11.8 Å². The second-order valence-electron chi connectivity index (χ2n) is 2.93. The molecule has 0 saturated heterocycles. The molecule has 14 heavy (non-hydrogen) atoms. The van der Waals surface area contributed by atoms with Crippen LogP contribution in [0.1, 0.15) is 12.0 Å². The van der Waals surface area contributed by atoms with E-state index in [0.717, 1.165) is 5.56 Å². The van der Waals surface area contributed by atoms with Crippen molar-refractivity contribution >= 4 is 17.4 Å². The van der Waals surface area contributed by atoms with Gasteiger partial charge < -0.3 is 10.8 Å². The highest BCUT2D eigenvalue weighted by molar-refractivity contribution is 6.32. The van der Waals surface area contributed by atoms with Crippen molar-refractivity contribution < 1.29 is 14.7 Å². The molecule has 4 nitrogen and oxygen atoms in total. The third kappa shape index (κ3) is 2.58. The van der Waals surface area contributed by atoms with Gasteiger partial charge in [-0.15, -0.1) is 0 Å². The van der Waals surface area contributed by atoms with Crippen LogP contribution in [0.25, 0.3) is 0 Å². The van der Waals surface area contributed by atoms with E-state index in [1.807, 2.05) is 0 Å². The number of carboxylic acid groups (broad SMARTS) is 1. The van der Waals surface area contributed by atoms with Crippen molar-refractivity contribution in [2.24, 2.45) is 0 Å². The van der Waals surface area contributed by atoms with Gasteiger partial charge in [-0.05, 0) is 18.1 Å². The lowest BCUT2D eigenvalue weighted by atomic mass is 10.1. The van der Waals surface area contributed by atoms with Gasteiger partial charge >= 0.3 is 5.97 Å². The van der Waals surface area contributed by atoms with Gasteiger partial charge in [-0.3, -0.25) is 4.79 Å². The molecule has 1 aromatic rings. The van der Waals surface area contributed by atoms with E-state index in [0.29, 0.717) is 12.1 Å². The zero-order chi connectivity index (χ0) is 10.6. The quantitative estimate of drug-likeness (QED) is 0.548. The third-order valence-corrected chi connectivity index (χ3v) is 1.92. The molecule has 0 aliphatic heterocycles. The Morgan fingerprint density at radius 2 is 1.93 bits per heavy atom. The van der Waals surface area contributed by atoms with E-state index in [1.165, 1.54) is 0 Å².